The van der Waals surface area contributed by atoms with E-state index in [1.807, 2.05) is 6.07 Å². The van der Waals surface area contributed by atoms with Crippen molar-refractivity contribution in [2.45, 2.75) is 26.8 Å². The first kappa shape index (κ1) is 12.1. The van der Waals surface area contributed by atoms with Gasteiger partial charge in [-0.15, -0.1) is 0 Å². The lowest BCUT2D eigenvalue weighted by atomic mass is 9.87. The largest absolute Gasteiger partial charge is 0.373 e. The third-order valence-corrected chi connectivity index (χ3v) is 2.78. The summed E-state index contributed by atoms with van der Waals surface area (Å²) in [5.41, 5.74) is 7.52. The monoisotopic (exact) mass is 206 g/mol. The summed E-state index contributed by atoms with van der Waals surface area (Å²) in [6.07, 6.45) is 0. The molecular weight excluding hydrogens is 184 g/mol. The zero-order valence-corrected chi connectivity index (χ0v) is 10.2. The quantitative estimate of drug-likeness (QED) is 0.823. The molecule has 0 aliphatic carbocycles. The number of likely N-dealkylation sites (N-methyl/N-ethyl adjacent to an activating group) is 1. The summed E-state index contributed by atoms with van der Waals surface area (Å²) in [6, 6.07) is 10.5. The average molecular weight is 206 g/mol. The Bertz CT molecular complexity index is 287. The van der Waals surface area contributed by atoms with Crippen LogP contribution in [0.25, 0.3) is 0 Å². The average Bonchev–Trinajstić information content (AvgIpc) is 2.17. The Morgan fingerprint density at radius 3 is 2.20 bits per heavy atom. The van der Waals surface area contributed by atoms with Gasteiger partial charge in [-0.1, -0.05) is 39.0 Å². The van der Waals surface area contributed by atoms with E-state index in [1.54, 1.807) is 0 Å². The first-order valence-corrected chi connectivity index (χ1v) is 5.43. The van der Waals surface area contributed by atoms with E-state index in [0.29, 0.717) is 0 Å². The number of anilines is 1. The van der Waals surface area contributed by atoms with Crippen LogP contribution in [0.15, 0.2) is 30.3 Å². The molecular formula is C13H22N2. The lowest BCUT2D eigenvalue weighted by molar-refractivity contribution is 0.323. The van der Waals surface area contributed by atoms with E-state index < -0.39 is 0 Å². The second-order valence-corrected chi connectivity index (χ2v) is 5.19. The first-order chi connectivity index (χ1) is 6.91. The van der Waals surface area contributed by atoms with Crippen molar-refractivity contribution in [1.82, 2.24) is 0 Å². The van der Waals surface area contributed by atoms with Gasteiger partial charge in [0.15, 0.2) is 0 Å². The van der Waals surface area contributed by atoms with Crippen molar-refractivity contribution < 1.29 is 0 Å². The molecule has 15 heavy (non-hydrogen) atoms. The minimum Gasteiger partial charge on any atom is -0.373 e. The molecule has 0 heterocycles. The summed E-state index contributed by atoms with van der Waals surface area (Å²) in [5.74, 6) is 0. The van der Waals surface area contributed by atoms with E-state index >= 15 is 0 Å². The molecule has 1 rings (SSSR count). The number of nitrogens with zero attached hydrogens (tertiary/aromatic N) is 1. The summed E-state index contributed by atoms with van der Waals surface area (Å²) in [5, 5.41) is 0. The molecule has 1 atom stereocenters. The molecule has 1 aromatic carbocycles. The zero-order chi connectivity index (χ0) is 11.5. The molecule has 0 saturated carbocycles. The molecule has 84 valence electrons. The van der Waals surface area contributed by atoms with Crippen molar-refractivity contribution in [1.29, 1.82) is 0 Å². The summed E-state index contributed by atoms with van der Waals surface area (Å²) in [4.78, 5) is 2.20. The van der Waals surface area contributed by atoms with E-state index in [0.717, 1.165) is 6.54 Å². The first-order valence-electron chi connectivity index (χ1n) is 5.43. The van der Waals surface area contributed by atoms with E-state index in [4.69, 9.17) is 5.73 Å². The van der Waals surface area contributed by atoms with Gasteiger partial charge in [-0.25, -0.2) is 0 Å². The smallest absolute Gasteiger partial charge is 0.0364 e. The molecule has 0 radical (unpaired) electrons. The van der Waals surface area contributed by atoms with Crippen LogP contribution in [0.5, 0.6) is 0 Å². The predicted molar refractivity (Wildman–Crippen MR) is 67.1 cm³/mol. The van der Waals surface area contributed by atoms with E-state index in [9.17, 15) is 0 Å². The summed E-state index contributed by atoms with van der Waals surface area (Å²) in [6.45, 7) is 7.41. The van der Waals surface area contributed by atoms with Crippen LogP contribution in [0.2, 0.25) is 0 Å². The molecule has 2 nitrogen and oxygen atoms in total. The lowest BCUT2D eigenvalue weighted by Crippen LogP contribution is -2.44. The van der Waals surface area contributed by atoms with Crippen LogP contribution in [-0.2, 0) is 0 Å². The van der Waals surface area contributed by atoms with Crippen molar-refractivity contribution in [3.63, 3.8) is 0 Å². The fraction of sp³-hybridized carbons (Fsp3) is 0.538. The number of hydrogen-bond acceptors (Lipinski definition) is 2. The SMILES string of the molecule is CN(CC(N)C(C)(C)C)c1ccccc1. The highest BCUT2D eigenvalue weighted by atomic mass is 15.1. The Morgan fingerprint density at radius 2 is 1.73 bits per heavy atom. The van der Waals surface area contributed by atoms with Crippen molar-refractivity contribution in [2.24, 2.45) is 11.1 Å². The lowest BCUT2D eigenvalue weighted by Gasteiger charge is -2.31. The van der Waals surface area contributed by atoms with E-state index in [-0.39, 0.29) is 11.5 Å². The minimum atomic E-state index is 0.156. The van der Waals surface area contributed by atoms with Gasteiger partial charge in [-0.3, -0.25) is 0 Å². The van der Waals surface area contributed by atoms with Gasteiger partial charge in [-0.05, 0) is 17.5 Å². The molecule has 0 amide bonds. The van der Waals surface area contributed by atoms with Crippen molar-refractivity contribution >= 4 is 5.69 Å². The molecule has 2 heteroatoms. The fourth-order valence-electron chi connectivity index (χ4n) is 1.36. The van der Waals surface area contributed by atoms with Crippen LogP contribution in [0.4, 0.5) is 5.69 Å². The predicted octanol–water partition coefficient (Wildman–Crippen LogP) is 2.50. The number of rotatable bonds is 3. The second-order valence-electron chi connectivity index (χ2n) is 5.19. The van der Waals surface area contributed by atoms with Crippen LogP contribution in [-0.4, -0.2) is 19.6 Å². The Labute approximate surface area is 93.1 Å². The van der Waals surface area contributed by atoms with Gasteiger partial charge < -0.3 is 10.6 Å². The summed E-state index contributed by atoms with van der Waals surface area (Å²) in [7, 11) is 2.08. The Balaban J connectivity index is 2.61. The molecule has 1 unspecified atom stereocenters. The third kappa shape index (κ3) is 3.56. The fourth-order valence-corrected chi connectivity index (χ4v) is 1.36. The maximum absolute atomic E-state index is 6.15. The molecule has 0 spiro atoms. The third-order valence-electron chi connectivity index (χ3n) is 2.78. The van der Waals surface area contributed by atoms with Gasteiger partial charge in [0.25, 0.3) is 0 Å². The molecule has 2 N–H and O–H groups in total. The molecule has 0 bridgehead atoms. The number of para-hydroxylation sites is 1. The van der Waals surface area contributed by atoms with Gasteiger partial charge in [0.1, 0.15) is 0 Å². The van der Waals surface area contributed by atoms with Crippen molar-refractivity contribution in [3.8, 4) is 0 Å². The molecule has 0 aliphatic heterocycles. The van der Waals surface area contributed by atoms with Crippen LogP contribution in [0.1, 0.15) is 20.8 Å². The van der Waals surface area contributed by atoms with Gasteiger partial charge in [-0.2, -0.15) is 0 Å². The maximum Gasteiger partial charge on any atom is 0.0364 e. The van der Waals surface area contributed by atoms with Gasteiger partial charge in [0, 0.05) is 25.3 Å². The Kier molecular flexibility index (Phi) is 3.75. The number of benzene rings is 1. The number of hydrogen-bond donors (Lipinski definition) is 1. The highest BCUT2D eigenvalue weighted by Crippen LogP contribution is 2.20. The van der Waals surface area contributed by atoms with Crippen LogP contribution in [0.3, 0.4) is 0 Å². The highest BCUT2D eigenvalue weighted by Gasteiger charge is 2.21. The molecule has 0 fully saturated rings. The number of nitrogens with two attached hydrogens (primary N) is 1. The topological polar surface area (TPSA) is 29.3 Å². The van der Waals surface area contributed by atoms with E-state index in [2.05, 4.69) is 57.0 Å². The van der Waals surface area contributed by atoms with Gasteiger partial charge in [0.2, 0.25) is 0 Å². The van der Waals surface area contributed by atoms with Crippen LogP contribution < -0.4 is 10.6 Å². The molecule has 1 aromatic rings. The maximum atomic E-state index is 6.15. The van der Waals surface area contributed by atoms with Crippen LogP contribution >= 0.6 is 0 Å². The van der Waals surface area contributed by atoms with E-state index in [1.165, 1.54) is 5.69 Å². The Morgan fingerprint density at radius 1 is 1.20 bits per heavy atom. The second kappa shape index (κ2) is 4.67. The molecule has 0 saturated heterocycles. The molecule has 0 aliphatic rings. The molecule has 0 aromatic heterocycles. The summed E-state index contributed by atoms with van der Waals surface area (Å²) >= 11 is 0. The highest BCUT2D eigenvalue weighted by molar-refractivity contribution is 5.45. The van der Waals surface area contributed by atoms with Crippen LogP contribution in [0, 0.1) is 5.41 Å². The van der Waals surface area contributed by atoms with Gasteiger partial charge >= 0.3 is 0 Å². The minimum absolute atomic E-state index is 0.156. The van der Waals surface area contributed by atoms with Crippen molar-refractivity contribution in [2.75, 3.05) is 18.5 Å². The normalized spacial score (nSPS) is 13.7. The Hall–Kier alpha value is -1.02. The standard InChI is InChI=1S/C13H22N2/c1-13(2,3)12(14)10-15(4)11-8-6-5-7-9-11/h5-9,12H,10,14H2,1-4H3. The van der Waals surface area contributed by atoms with Crippen molar-refractivity contribution in [3.05, 3.63) is 30.3 Å². The zero-order valence-electron chi connectivity index (χ0n) is 10.2. The van der Waals surface area contributed by atoms with Gasteiger partial charge in [0.05, 0.1) is 0 Å². The summed E-state index contributed by atoms with van der Waals surface area (Å²) < 4.78 is 0.